The van der Waals surface area contributed by atoms with Gasteiger partial charge in [0, 0.05) is 0 Å². The van der Waals surface area contributed by atoms with Crippen molar-refractivity contribution in [3.63, 3.8) is 0 Å². The van der Waals surface area contributed by atoms with Gasteiger partial charge in [0.1, 0.15) is 12.8 Å². The van der Waals surface area contributed by atoms with Crippen molar-refractivity contribution >= 4 is 22.1 Å². The van der Waals surface area contributed by atoms with Crippen LogP contribution in [0.15, 0.2) is 29.5 Å². The predicted molar refractivity (Wildman–Crippen MR) is 46.9 cm³/mol. The van der Waals surface area contributed by atoms with Gasteiger partial charge in [0.25, 0.3) is 0 Å². The number of rotatable bonds is 0. The van der Waals surface area contributed by atoms with Gasteiger partial charge in [0.15, 0.2) is 0 Å². The third-order valence-corrected chi connectivity index (χ3v) is 2.36. The Hall–Kier alpha value is -0.640. The highest BCUT2D eigenvalue weighted by Crippen LogP contribution is 2.35. The minimum Gasteiger partial charge on any atom is -0.394 e. The van der Waals surface area contributed by atoms with E-state index < -0.39 is 9.99 Å². The van der Waals surface area contributed by atoms with Gasteiger partial charge in [-0.15, -0.1) is 0 Å². The monoisotopic (exact) mass is 230 g/mol. The van der Waals surface area contributed by atoms with E-state index in [4.69, 9.17) is 4.84 Å². The van der Waals surface area contributed by atoms with Gasteiger partial charge in [-0.1, -0.05) is 17.3 Å². The lowest BCUT2D eigenvalue weighted by Crippen LogP contribution is -2.24. The Labute approximate surface area is 77.9 Å². The van der Waals surface area contributed by atoms with Crippen molar-refractivity contribution in [1.29, 1.82) is 0 Å². The molecule has 0 aromatic rings. The van der Waals surface area contributed by atoms with Gasteiger partial charge in [-0.05, 0) is 28.1 Å². The fraction of sp³-hybridized carbons (Fsp3) is 0.375. The third kappa shape index (κ3) is 1.31. The summed E-state index contributed by atoms with van der Waals surface area (Å²) >= 11 is 2.88. The smallest absolute Gasteiger partial charge is 0.201 e. The minimum atomic E-state index is -1.53. The third-order valence-electron chi connectivity index (χ3n) is 1.83. The summed E-state index contributed by atoms with van der Waals surface area (Å²) in [4.78, 5) is 4.78. The van der Waals surface area contributed by atoms with Gasteiger partial charge in [-0.25, -0.2) is 4.39 Å². The fourth-order valence-electron chi connectivity index (χ4n) is 1.09. The van der Waals surface area contributed by atoms with E-state index in [1.165, 1.54) is 12.2 Å². The number of hydrogen-bond donors (Lipinski definition) is 0. The lowest BCUT2D eigenvalue weighted by Gasteiger charge is -2.21. The first-order chi connectivity index (χ1) is 5.62. The van der Waals surface area contributed by atoms with Gasteiger partial charge >= 0.3 is 0 Å². The van der Waals surface area contributed by atoms with Crippen molar-refractivity contribution in [1.82, 2.24) is 0 Å². The molecule has 0 atom stereocenters. The molecule has 0 fully saturated rings. The van der Waals surface area contributed by atoms with Crippen molar-refractivity contribution < 1.29 is 9.23 Å². The SMILES string of the molecule is FC1(Br)C=CC2([C]=NOC2)C=C1. The lowest BCUT2D eigenvalue weighted by molar-refractivity contribution is 0.147. The Morgan fingerprint density at radius 1 is 1.42 bits per heavy atom. The average molecular weight is 231 g/mol. The maximum absolute atomic E-state index is 13.2. The molecule has 0 bridgehead atoms. The predicted octanol–water partition coefficient (Wildman–Crippen LogP) is 2.05. The quantitative estimate of drug-likeness (QED) is 0.461. The van der Waals surface area contributed by atoms with Crippen molar-refractivity contribution in [2.75, 3.05) is 6.61 Å². The Morgan fingerprint density at radius 3 is 2.58 bits per heavy atom. The van der Waals surface area contributed by atoms with E-state index >= 15 is 0 Å². The van der Waals surface area contributed by atoms with Crippen LogP contribution in [0.2, 0.25) is 0 Å². The number of nitrogens with zero attached hydrogens (tertiary/aromatic N) is 1. The summed E-state index contributed by atoms with van der Waals surface area (Å²) in [5, 5.41) is 3.52. The molecule has 0 amide bonds. The molecule has 0 saturated carbocycles. The van der Waals surface area contributed by atoms with Crippen LogP contribution in [0.5, 0.6) is 0 Å². The van der Waals surface area contributed by atoms with Crippen LogP contribution in [0.4, 0.5) is 4.39 Å². The molecule has 1 spiro atoms. The second kappa shape index (κ2) is 2.42. The van der Waals surface area contributed by atoms with Crippen LogP contribution in [0.25, 0.3) is 0 Å². The van der Waals surface area contributed by atoms with Crippen molar-refractivity contribution in [2.24, 2.45) is 10.6 Å². The molecule has 2 nitrogen and oxygen atoms in total. The van der Waals surface area contributed by atoms with E-state index in [9.17, 15) is 4.39 Å². The Morgan fingerprint density at radius 2 is 2.08 bits per heavy atom. The van der Waals surface area contributed by atoms with Gasteiger partial charge in [0.05, 0.1) is 5.41 Å². The molecule has 0 saturated heterocycles. The largest absolute Gasteiger partial charge is 0.394 e. The molecular formula is C8H6BrFNO. The highest BCUT2D eigenvalue weighted by atomic mass is 79.9. The zero-order chi connectivity index (χ0) is 8.66. The van der Waals surface area contributed by atoms with E-state index in [1.54, 1.807) is 12.2 Å². The van der Waals surface area contributed by atoms with E-state index in [2.05, 4.69) is 27.3 Å². The highest BCUT2D eigenvalue weighted by molar-refractivity contribution is 9.10. The van der Waals surface area contributed by atoms with Crippen LogP contribution in [0.1, 0.15) is 0 Å². The summed E-state index contributed by atoms with van der Waals surface area (Å²) in [5.41, 5.74) is -0.441. The normalized spacial score (nSPS) is 43.8. The molecular weight excluding hydrogens is 225 g/mol. The Bertz CT molecular complexity index is 267. The molecule has 2 rings (SSSR count). The van der Waals surface area contributed by atoms with Crippen LogP contribution < -0.4 is 0 Å². The standard InChI is InChI=1S/C8H6BrFNO/c9-8(10)3-1-7(2-4-8)5-11-12-6-7/h1-4H,6H2. The summed E-state index contributed by atoms with van der Waals surface area (Å²) in [6, 6.07) is 0. The van der Waals surface area contributed by atoms with Crippen molar-refractivity contribution in [3.05, 3.63) is 24.3 Å². The average Bonchev–Trinajstić information content (AvgIpc) is 2.46. The summed E-state index contributed by atoms with van der Waals surface area (Å²) in [6.45, 7) is 0.406. The van der Waals surface area contributed by atoms with Crippen LogP contribution in [-0.2, 0) is 4.84 Å². The van der Waals surface area contributed by atoms with Crippen molar-refractivity contribution in [2.45, 2.75) is 4.58 Å². The summed E-state index contributed by atoms with van der Waals surface area (Å²) in [6.07, 6.45) is 8.98. The second-order valence-corrected chi connectivity index (χ2v) is 4.07. The fourth-order valence-corrected chi connectivity index (χ4v) is 1.35. The molecule has 1 aliphatic heterocycles. The first-order valence-electron chi connectivity index (χ1n) is 3.50. The first kappa shape index (κ1) is 7.98. The molecule has 0 N–H and O–H groups in total. The van der Waals surface area contributed by atoms with Crippen LogP contribution in [-0.4, -0.2) is 17.4 Å². The zero-order valence-electron chi connectivity index (χ0n) is 6.13. The second-order valence-electron chi connectivity index (χ2n) is 2.86. The van der Waals surface area contributed by atoms with Crippen molar-refractivity contribution in [3.8, 4) is 0 Å². The van der Waals surface area contributed by atoms with E-state index in [0.717, 1.165) is 0 Å². The van der Waals surface area contributed by atoms with Crippen LogP contribution in [0.3, 0.4) is 0 Å². The molecule has 2 aliphatic rings. The number of allylic oxidation sites excluding steroid dienone is 2. The Balaban J connectivity index is 2.26. The molecule has 0 unspecified atom stereocenters. The maximum Gasteiger partial charge on any atom is 0.201 e. The minimum absolute atomic E-state index is 0.406. The molecule has 63 valence electrons. The topological polar surface area (TPSA) is 21.6 Å². The summed E-state index contributed by atoms with van der Waals surface area (Å²) in [7, 11) is 0. The molecule has 0 aromatic carbocycles. The van der Waals surface area contributed by atoms with Gasteiger partial charge in [-0.3, -0.25) is 0 Å². The highest BCUT2D eigenvalue weighted by Gasteiger charge is 2.34. The Kier molecular flexibility index (Phi) is 1.61. The zero-order valence-corrected chi connectivity index (χ0v) is 7.71. The van der Waals surface area contributed by atoms with Crippen LogP contribution in [0, 0.1) is 5.41 Å². The van der Waals surface area contributed by atoms with Crippen LogP contribution >= 0.6 is 15.9 Å². The molecule has 0 aromatic heterocycles. The van der Waals surface area contributed by atoms with E-state index in [-0.39, 0.29) is 0 Å². The lowest BCUT2D eigenvalue weighted by atomic mass is 9.86. The number of alkyl halides is 2. The number of hydrogen-bond acceptors (Lipinski definition) is 2. The van der Waals surface area contributed by atoms with Gasteiger partial charge < -0.3 is 4.84 Å². The summed E-state index contributed by atoms with van der Waals surface area (Å²) < 4.78 is 11.6. The molecule has 4 heteroatoms. The first-order valence-corrected chi connectivity index (χ1v) is 4.29. The molecule has 1 radical (unpaired) electrons. The molecule has 1 aliphatic carbocycles. The number of halogens is 2. The maximum atomic E-state index is 13.2. The molecule has 12 heavy (non-hydrogen) atoms. The molecule has 1 heterocycles. The van der Waals surface area contributed by atoms with E-state index in [0.29, 0.717) is 6.61 Å². The summed E-state index contributed by atoms with van der Waals surface area (Å²) in [5.74, 6) is 0. The van der Waals surface area contributed by atoms with E-state index in [1.807, 2.05) is 0 Å². The van der Waals surface area contributed by atoms with Gasteiger partial charge in [-0.2, -0.15) is 0 Å². The van der Waals surface area contributed by atoms with Gasteiger partial charge in [0.2, 0.25) is 4.58 Å².